The molecule has 1 amide bonds. The monoisotopic (exact) mass is 290 g/mol. The first-order chi connectivity index (χ1) is 9.74. The molecule has 20 heavy (non-hydrogen) atoms. The first-order valence-electron chi connectivity index (χ1n) is 7.43. The Hall–Kier alpha value is -1.00. The molecule has 4 heteroatoms. The number of carbonyl (C=O) groups excluding carboxylic acids is 1. The Balaban J connectivity index is 1.62. The van der Waals surface area contributed by atoms with Gasteiger partial charge in [-0.05, 0) is 24.5 Å². The molecule has 1 saturated heterocycles. The van der Waals surface area contributed by atoms with E-state index in [1.165, 1.54) is 11.1 Å². The van der Waals surface area contributed by atoms with Gasteiger partial charge >= 0.3 is 0 Å². The van der Waals surface area contributed by atoms with Gasteiger partial charge in [0.15, 0.2) is 0 Å². The minimum absolute atomic E-state index is 0.317. The van der Waals surface area contributed by atoms with Crippen molar-refractivity contribution in [3.05, 3.63) is 35.4 Å². The highest BCUT2D eigenvalue weighted by molar-refractivity contribution is 7.98. The molecule has 1 fully saturated rings. The lowest BCUT2D eigenvalue weighted by Gasteiger charge is -2.30. The van der Waals surface area contributed by atoms with E-state index in [-0.39, 0.29) is 0 Å². The zero-order valence-corrected chi connectivity index (χ0v) is 12.8. The van der Waals surface area contributed by atoms with Gasteiger partial charge in [0.05, 0.1) is 0 Å². The number of nitrogens with zero attached hydrogens (tertiary/aromatic N) is 1. The van der Waals surface area contributed by atoms with Gasteiger partial charge < -0.3 is 10.2 Å². The molecule has 0 spiro atoms. The average molecular weight is 290 g/mol. The second kappa shape index (κ2) is 6.19. The summed E-state index contributed by atoms with van der Waals surface area (Å²) >= 11 is 1.99. The Morgan fingerprint density at radius 1 is 1.45 bits per heavy atom. The predicted octanol–water partition coefficient (Wildman–Crippen LogP) is 2.58. The molecule has 0 aliphatic carbocycles. The zero-order chi connectivity index (χ0) is 13.9. The number of hydrogen-bond acceptors (Lipinski definition) is 3. The van der Waals surface area contributed by atoms with Crippen molar-refractivity contribution in [2.45, 2.75) is 37.6 Å². The van der Waals surface area contributed by atoms with Gasteiger partial charge in [-0.1, -0.05) is 24.3 Å². The Morgan fingerprint density at radius 3 is 3.10 bits per heavy atom. The second-order valence-corrected chi connectivity index (χ2v) is 6.81. The maximum atomic E-state index is 11.7. The van der Waals surface area contributed by atoms with Gasteiger partial charge in [-0.2, -0.15) is 11.8 Å². The summed E-state index contributed by atoms with van der Waals surface area (Å²) in [5.41, 5.74) is 2.89. The van der Waals surface area contributed by atoms with Crippen LogP contribution in [0.25, 0.3) is 0 Å². The third-order valence-electron chi connectivity index (χ3n) is 4.12. The summed E-state index contributed by atoms with van der Waals surface area (Å²) in [6.45, 7) is 3.95. The molecular weight excluding hydrogens is 268 g/mol. The lowest BCUT2D eigenvalue weighted by molar-refractivity contribution is -0.127. The number of carbonyl (C=O) groups is 1. The molecule has 0 bridgehead atoms. The van der Waals surface area contributed by atoms with Gasteiger partial charge in [0.1, 0.15) is 0 Å². The molecule has 2 heterocycles. The molecule has 0 aromatic heterocycles. The highest BCUT2D eigenvalue weighted by atomic mass is 32.2. The molecule has 1 N–H and O–H groups in total. The number of likely N-dealkylation sites (tertiary alicyclic amines) is 1. The Morgan fingerprint density at radius 2 is 2.30 bits per heavy atom. The fraction of sp³-hybridized carbons (Fsp3) is 0.562. The van der Waals surface area contributed by atoms with Gasteiger partial charge in [0.25, 0.3) is 0 Å². The van der Waals surface area contributed by atoms with E-state index >= 15 is 0 Å². The van der Waals surface area contributed by atoms with E-state index in [1.54, 1.807) is 0 Å². The molecular formula is C16H22N2OS. The van der Waals surface area contributed by atoms with Crippen LogP contribution in [0.1, 0.15) is 36.9 Å². The molecule has 1 aromatic rings. The van der Waals surface area contributed by atoms with Crippen molar-refractivity contribution in [1.29, 1.82) is 0 Å². The average Bonchev–Trinajstić information content (AvgIpc) is 2.85. The molecule has 0 radical (unpaired) electrons. The van der Waals surface area contributed by atoms with Crippen LogP contribution in [0, 0.1) is 0 Å². The first kappa shape index (κ1) is 14.0. The lowest BCUT2D eigenvalue weighted by Crippen LogP contribution is -2.42. The van der Waals surface area contributed by atoms with Crippen LogP contribution in [0.2, 0.25) is 0 Å². The predicted molar refractivity (Wildman–Crippen MR) is 83.8 cm³/mol. The number of benzene rings is 1. The van der Waals surface area contributed by atoms with Crippen LogP contribution in [0.15, 0.2) is 24.3 Å². The number of nitrogens with one attached hydrogen (secondary N) is 1. The van der Waals surface area contributed by atoms with E-state index in [4.69, 9.17) is 0 Å². The van der Waals surface area contributed by atoms with Crippen LogP contribution in [0.3, 0.4) is 0 Å². The third-order valence-corrected chi connectivity index (χ3v) is 5.21. The Kier molecular flexibility index (Phi) is 4.32. The summed E-state index contributed by atoms with van der Waals surface area (Å²) in [4.78, 5) is 13.7. The zero-order valence-electron chi connectivity index (χ0n) is 12.0. The number of hydrogen-bond donors (Lipinski definition) is 1. The van der Waals surface area contributed by atoms with Crippen molar-refractivity contribution >= 4 is 17.7 Å². The maximum Gasteiger partial charge on any atom is 0.222 e. The second-order valence-electron chi connectivity index (χ2n) is 5.78. The van der Waals surface area contributed by atoms with Crippen LogP contribution in [0.4, 0.5) is 0 Å². The summed E-state index contributed by atoms with van der Waals surface area (Å²) in [7, 11) is 0. The Bertz CT molecular complexity index is 491. The van der Waals surface area contributed by atoms with Crippen molar-refractivity contribution in [1.82, 2.24) is 10.2 Å². The van der Waals surface area contributed by atoms with Crippen LogP contribution in [-0.4, -0.2) is 35.7 Å². The van der Waals surface area contributed by atoms with E-state index in [9.17, 15) is 4.79 Å². The van der Waals surface area contributed by atoms with Gasteiger partial charge in [0.2, 0.25) is 5.91 Å². The normalized spacial score (nSPS) is 23.8. The summed E-state index contributed by atoms with van der Waals surface area (Å²) in [5.74, 6) is 2.56. The van der Waals surface area contributed by atoms with Crippen LogP contribution < -0.4 is 5.32 Å². The standard InChI is InChI=1S/C16H22N2OS/c1-12(9-18-8-4-7-16(18)19)17-15-11-20-10-13-5-2-3-6-14(13)15/h2-3,5-6,12,15,17H,4,7-11H2,1H3. The van der Waals surface area contributed by atoms with Crippen molar-refractivity contribution in [3.63, 3.8) is 0 Å². The summed E-state index contributed by atoms with van der Waals surface area (Å²) in [6.07, 6.45) is 1.75. The molecule has 108 valence electrons. The maximum absolute atomic E-state index is 11.7. The molecule has 0 saturated carbocycles. The van der Waals surface area contributed by atoms with Crippen molar-refractivity contribution < 1.29 is 4.79 Å². The van der Waals surface area contributed by atoms with E-state index in [0.717, 1.165) is 37.4 Å². The van der Waals surface area contributed by atoms with Crippen molar-refractivity contribution in [3.8, 4) is 0 Å². The van der Waals surface area contributed by atoms with Crippen LogP contribution in [-0.2, 0) is 10.5 Å². The van der Waals surface area contributed by atoms with E-state index in [2.05, 4.69) is 36.5 Å². The summed E-state index contributed by atoms with van der Waals surface area (Å²) < 4.78 is 0. The largest absolute Gasteiger partial charge is 0.341 e. The van der Waals surface area contributed by atoms with E-state index < -0.39 is 0 Å². The molecule has 2 atom stereocenters. The number of rotatable bonds is 4. The van der Waals surface area contributed by atoms with Gasteiger partial charge in [-0.25, -0.2) is 0 Å². The highest BCUT2D eigenvalue weighted by Crippen LogP contribution is 2.31. The first-order valence-corrected chi connectivity index (χ1v) is 8.59. The van der Waals surface area contributed by atoms with E-state index in [1.807, 2.05) is 16.7 Å². The highest BCUT2D eigenvalue weighted by Gasteiger charge is 2.25. The van der Waals surface area contributed by atoms with Gasteiger partial charge in [-0.3, -0.25) is 4.79 Å². The SMILES string of the molecule is CC(CN1CCCC1=O)NC1CSCc2ccccc21. The van der Waals surface area contributed by atoms with Gasteiger partial charge in [0, 0.05) is 43.1 Å². The van der Waals surface area contributed by atoms with Crippen molar-refractivity contribution in [2.24, 2.45) is 0 Å². The van der Waals surface area contributed by atoms with Crippen LogP contribution >= 0.6 is 11.8 Å². The molecule has 1 aromatic carbocycles. The quantitative estimate of drug-likeness (QED) is 0.925. The topological polar surface area (TPSA) is 32.3 Å². The summed E-state index contributed by atoms with van der Waals surface area (Å²) in [6, 6.07) is 9.46. The number of amides is 1. The van der Waals surface area contributed by atoms with E-state index in [0.29, 0.717) is 18.0 Å². The summed E-state index contributed by atoms with van der Waals surface area (Å²) in [5, 5.41) is 3.71. The smallest absolute Gasteiger partial charge is 0.222 e. The number of thioether (sulfide) groups is 1. The molecule has 2 aliphatic rings. The molecule has 2 aliphatic heterocycles. The molecule has 2 unspecified atom stereocenters. The van der Waals surface area contributed by atoms with Crippen molar-refractivity contribution in [2.75, 3.05) is 18.8 Å². The van der Waals surface area contributed by atoms with Crippen LogP contribution in [0.5, 0.6) is 0 Å². The minimum atomic E-state index is 0.317. The lowest BCUT2D eigenvalue weighted by atomic mass is 10.0. The molecule has 3 nitrogen and oxygen atoms in total. The Labute approximate surface area is 125 Å². The third kappa shape index (κ3) is 3.01. The molecule has 3 rings (SSSR count). The van der Waals surface area contributed by atoms with Gasteiger partial charge in [-0.15, -0.1) is 0 Å². The fourth-order valence-corrected chi connectivity index (χ4v) is 4.26. The fourth-order valence-electron chi connectivity index (χ4n) is 3.14. The minimum Gasteiger partial charge on any atom is -0.341 e. The number of fused-ring (bicyclic) bond motifs is 1.